The van der Waals surface area contributed by atoms with E-state index in [4.69, 9.17) is 0 Å². The number of thioether (sulfide) groups is 1. The van der Waals surface area contributed by atoms with E-state index in [0.717, 1.165) is 0 Å². The molecule has 0 aromatic carbocycles. The van der Waals surface area contributed by atoms with E-state index in [1.165, 1.54) is 18.9 Å². The Hall–Kier alpha value is -0.310. The number of ether oxygens (including phenoxy) is 1. The minimum Gasteiger partial charge on any atom is -0.469 e. The van der Waals surface area contributed by atoms with Crippen molar-refractivity contribution >= 4 is 27.8 Å². The van der Waals surface area contributed by atoms with Crippen LogP contribution in [0.2, 0.25) is 0 Å². The standard InChI is InChI=1S/C12H23NO5S2/c1-12(15,8-19-3)7-13-20(16,17)10-6-4-5-9(10)11(14)18-2/h9-10,13,15H,4-8H2,1-3H3. The van der Waals surface area contributed by atoms with Gasteiger partial charge in [-0.05, 0) is 26.0 Å². The van der Waals surface area contributed by atoms with E-state index in [0.29, 0.717) is 25.0 Å². The van der Waals surface area contributed by atoms with Gasteiger partial charge in [0.05, 0.1) is 23.9 Å². The summed E-state index contributed by atoms with van der Waals surface area (Å²) >= 11 is 1.44. The minimum atomic E-state index is -3.64. The molecule has 1 rings (SSSR count). The number of esters is 1. The predicted octanol–water partition coefficient (Wildman–Crippen LogP) is 0.361. The van der Waals surface area contributed by atoms with Crippen molar-refractivity contribution < 1.29 is 23.1 Å². The van der Waals surface area contributed by atoms with Gasteiger partial charge < -0.3 is 9.84 Å². The lowest BCUT2D eigenvalue weighted by Gasteiger charge is -2.25. The molecule has 3 atom stereocenters. The van der Waals surface area contributed by atoms with Gasteiger partial charge in [0, 0.05) is 12.3 Å². The predicted molar refractivity (Wildman–Crippen MR) is 79.1 cm³/mol. The van der Waals surface area contributed by atoms with Crippen LogP contribution in [0.25, 0.3) is 0 Å². The monoisotopic (exact) mass is 325 g/mol. The lowest BCUT2D eigenvalue weighted by molar-refractivity contribution is -0.145. The summed E-state index contributed by atoms with van der Waals surface area (Å²) in [5.74, 6) is -0.655. The number of carbonyl (C=O) groups excluding carboxylic acids is 1. The maximum Gasteiger partial charge on any atom is 0.310 e. The fourth-order valence-corrected chi connectivity index (χ4v) is 5.05. The van der Waals surface area contributed by atoms with Crippen molar-refractivity contribution in [3.8, 4) is 0 Å². The first-order valence-corrected chi connectivity index (χ1v) is 9.45. The lowest BCUT2D eigenvalue weighted by atomic mass is 10.1. The van der Waals surface area contributed by atoms with Crippen LogP contribution in [0, 0.1) is 5.92 Å². The van der Waals surface area contributed by atoms with Crippen LogP contribution < -0.4 is 4.72 Å². The first kappa shape index (κ1) is 17.7. The Morgan fingerprint density at radius 1 is 1.50 bits per heavy atom. The van der Waals surface area contributed by atoms with E-state index in [2.05, 4.69) is 9.46 Å². The summed E-state index contributed by atoms with van der Waals surface area (Å²) in [5, 5.41) is 9.24. The van der Waals surface area contributed by atoms with E-state index < -0.39 is 32.8 Å². The van der Waals surface area contributed by atoms with Crippen molar-refractivity contribution in [2.24, 2.45) is 5.92 Å². The third kappa shape index (κ3) is 4.61. The second-order valence-electron chi connectivity index (χ2n) is 5.40. The van der Waals surface area contributed by atoms with Crippen molar-refractivity contribution in [1.82, 2.24) is 4.72 Å². The highest BCUT2D eigenvalue weighted by molar-refractivity contribution is 7.98. The maximum atomic E-state index is 12.3. The zero-order chi connectivity index (χ0) is 15.4. The first-order chi connectivity index (χ1) is 9.23. The summed E-state index contributed by atoms with van der Waals surface area (Å²) in [6, 6.07) is 0. The molecule has 0 radical (unpaired) electrons. The SMILES string of the molecule is COC(=O)C1CCCC1S(=O)(=O)NCC(C)(O)CSC. The molecule has 1 aliphatic rings. The van der Waals surface area contributed by atoms with Crippen LogP contribution in [-0.2, 0) is 19.6 Å². The summed E-state index contributed by atoms with van der Waals surface area (Å²) < 4.78 is 31.7. The van der Waals surface area contributed by atoms with Crippen LogP contribution in [0.1, 0.15) is 26.2 Å². The second kappa shape index (κ2) is 7.11. The summed E-state index contributed by atoms with van der Waals surface area (Å²) in [6.07, 6.45) is 3.50. The average molecular weight is 325 g/mol. The molecule has 0 heterocycles. The Morgan fingerprint density at radius 2 is 2.15 bits per heavy atom. The maximum absolute atomic E-state index is 12.3. The third-order valence-corrected chi connectivity index (χ3v) is 6.28. The van der Waals surface area contributed by atoms with Crippen LogP contribution >= 0.6 is 11.8 Å². The van der Waals surface area contributed by atoms with E-state index in [1.54, 1.807) is 6.92 Å². The number of aliphatic hydroxyl groups is 1. The molecule has 0 bridgehead atoms. The quantitative estimate of drug-likeness (QED) is 0.657. The van der Waals surface area contributed by atoms with Crippen molar-refractivity contribution in [1.29, 1.82) is 0 Å². The Morgan fingerprint density at radius 3 is 2.70 bits per heavy atom. The highest BCUT2D eigenvalue weighted by atomic mass is 32.2. The molecular formula is C12H23NO5S2. The molecule has 1 aliphatic carbocycles. The molecule has 0 saturated heterocycles. The molecule has 0 aromatic heterocycles. The number of carbonyl (C=O) groups is 1. The number of hydrogen-bond acceptors (Lipinski definition) is 6. The van der Waals surface area contributed by atoms with Crippen molar-refractivity contribution in [3.05, 3.63) is 0 Å². The van der Waals surface area contributed by atoms with Crippen molar-refractivity contribution in [2.75, 3.05) is 25.7 Å². The molecule has 118 valence electrons. The van der Waals surface area contributed by atoms with Gasteiger partial charge in [-0.25, -0.2) is 13.1 Å². The highest BCUT2D eigenvalue weighted by Crippen LogP contribution is 2.31. The smallest absolute Gasteiger partial charge is 0.310 e. The summed E-state index contributed by atoms with van der Waals surface area (Å²) in [4.78, 5) is 11.6. The molecule has 2 N–H and O–H groups in total. The molecule has 6 nitrogen and oxygen atoms in total. The molecule has 0 aromatic rings. The summed E-state index contributed by atoms with van der Waals surface area (Å²) in [5.41, 5.74) is -1.11. The van der Waals surface area contributed by atoms with Gasteiger partial charge in [-0.2, -0.15) is 11.8 Å². The second-order valence-corrected chi connectivity index (χ2v) is 8.25. The van der Waals surface area contributed by atoms with Gasteiger partial charge in [-0.15, -0.1) is 0 Å². The number of hydrogen-bond donors (Lipinski definition) is 2. The molecule has 3 unspecified atom stereocenters. The molecular weight excluding hydrogens is 302 g/mol. The van der Waals surface area contributed by atoms with Crippen LogP contribution in [0.5, 0.6) is 0 Å². The Bertz CT molecular complexity index is 435. The summed E-state index contributed by atoms with van der Waals surface area (Å²) in [6.45, 7) is 1.53. The number of sulfonamides is 1. The molecule has 1 fully saturated rings. The molecule has 0 spiro atoms. The molecule has 0 amide bonds. The van der Waals surface area contributed by atoms with Gasteiger partial charge >= 0.3 is 5.97 Å². The number of rotatable bonds is 7. The van der Waals surface area contributed by atoms with E-state index in [-0.39, 0.29) is 6.54 Å². The minimum absolute atomic E-state index is 0.0550. The fraction of sp³-hybridized carbons (Fsp3) is 0.917. The largest absolute Gasteiger partial charge is 0.469 e. The molecule has 8 heteroatoms. The number of methoxy groups -OCH3 is 1. The molecule has 0 aliphatic heterocycles. The van der Waals surface area contributed by atoms with Gasteiger partial charge in [0.2, 0.25) is 10.0 Å². The van der Waals surface area contributed by atoms with Crippen LogP contribution in [0.4, 0.5) is 0 Å². The fourth-order valence-electron chi connectivity index (χ4n) is 2.44. The van der Waals surface area contributed by atoms with Crippen molar-refractivity contribution in [2.45, 2.75) is 37.0 Å². The van der Waals surface area contributed by atoms with Crippen LogP contribution in [0.15, 0.2) is 0 Å². The zero-order valence-electron chi connectivity index (χ0n) is 12.1. The van der Waals surface area contributed by atoms with Gasteiger partial charge in [-0.1, -0.05) is 6.42 Å². The Kier molecular flexibility index (Phi) is 6.30. The highest BCUT2D eigenvalue weighted by Gasteiger charge is 2.42. The van der Waals surface area contributed by atoms with Crippen molar-refractivity contribution in [3.63, 3.8) is 0 Å². The van der Waals surface area contributed by atoms with Crippen LogP contribution in [-0.4, -0.2) is 56.0 Å². The van der Waals surface area contributed by atoms with E-state index >= 15 is 0 Å². The molecule has 20 heavy (non-hydrogen) atoms. The zero-order valence-corrected chi connectivity index (χ0v) is 13.7. The van der Waals surface area contributed by atoms with E-state index in [9.17, 15) is 18.3 Å². The summed E-state index contributed by atoms with van der Waals surface area (Å²) in [7, 11) is -2.37. The van der Waals surface area contributed by atoms with Gasteiger partial charge in [-0.3, -0.25) is 4.79 Å². The molecule has 1 saturated carbocycles. The van der Waals surface area contributed by atoms with Gasteiger partial charge in [0.25, 0.3) is 0 Å². The lowest BCUT2D eigenvalue weighted by Crippen LogP contribution is -2.47. The van der Waals surface area contributed by atoms with Gasteiger partial charge in [0.1, 0.15) is 0 Å². The number of nitrogens with one attached hydrogen (secondary N) is 1. The Balaban J connectivity index is 2.71. The third-order valence-electron chi connectivity index (χ3n) is 3.46. The Labute approximate surface area is 124 Å². The van der Waals surface area contributed by atoms with E-state index in [1.807, 2.05) is 6.26 Å². The first-order valence-electron chi connectivity index (χ1n) is 6.51. The topological polar surface area (TPSA) is 92.7 Å². The normalized spacial score (nSPS) is 26.2. The van der Waals surface area contributed by atoms with Gasteiger partial charge in [0.15, 0.2) is 0 Å². The average Bonchev–Trinajstić information content (AvgIpc) is 2.86. The van der Waals surface area contributed by atoms with Crippen LogP contribution in [0.3, 0.4) is 0 Å².